The second kappa shape index (κ2) is 12.0. The molecule has 1 heterocycles. The molecule has 0 aliphatic carbocycles. The summed E-state index contributed by atoms with van der Waals surface area (Å²) in [4.78, 5) is 27.1. The van der Waals surface area contributed by atoms with Crippen LogP contribution in [0.4, 0.5) is 5.69 Å². The maximum Gasteiger partial charge on any atom is 0.242 e. The summed E-state index contributed by atoms with van der Waals surface area (Å²) < 4.78 is 42.7. The summed E-state index contributed by atoms with van der Waals surface area (Å²) in [7, 11) is -0.540. The van der Waals surface area contributed by atoms with Crippen LogP contribution in [-0.4, -0.2) is 71.3 Å². The van der Waals surface area contributed by atoms with Crippen LogP contribution in [0.5, 0.6) is 17.2 Å². The van der Waals surface area contributed by atoms with E-state index in [0.717, 1.165) is 11.8 Å². The Balaban J connectivity index is 1.73. The summed E-state index contributed by atoms with van der Waals surface area (Å²) >= 11 is 0. The summed E-state index contributed by atoms with van der Waals surface area (Å²) in [6.07, 6.45) is 1.44. The van der Waals surface area contributed by atoms with E-state index in [-0.39, 0.29) is 37.7 Å². The molecule has 1 aliphatic rings. The lowest BCUT2D eigenvalue weighted by molar-refractivity contribution is -0.140. The first kappa shape index (κ1) is 27.1. The number of hydrogen-bond acceptors (Lipinski definition) is 7. The standard InChI is InChI=1S/C25H33N3O7S/c1-18(25(30)26-2)27(17-19-7-5-8-21(15-19)33-3)24(29)9-6-12-28(36(4,31)32)20-10-11-22-23(16-20)35-14-13-34-22/h5,7-8,10-11,15-16,18H,6,9,12-14,17H2,1-4H3,(H,26,30)/t18-/m0/s1. The van der Waals surface area contributed by atoms with Crippen molar-refractivity contribution in [2.45, 2.75) is 32.4 Å². The molecule has 2 aromatic rings. The van der Waals surface area contributed by atoms with E-state index in [2.05, 4.69) is 5.32 Å². The van der Waals surface area contributed by atoms with E-state index in [1.54, 1.807) is 38.3 Å². The van der Waals surface area contributed by atoms with Crippen LogP contribution in [0.25, 0.3) is 0 Å². The van der Waals surface area contributed by atoms with Gasteiger partial charge in [0.15, 0.2) is 11.5 Å². The zero-order chi connectivity index (χ0) is 26.3. The molecule has 1 atom stereocenters. The number of fused-ring (bicyclic) bond motifs is 1. The predicted octanol–water partition coefficient (Wildman–Crippen LogP) is 2.18. The minimum Gasteiger partial charge on any atom is -0.497 e. The lowest BCUT2D eigenvalue weighted by Crippen LogP contribution is -2.46. The number of sulfonamides is 1. The molecule has 36 heavy (non-hydrogen) atoms. The van der Waals surface area contributed by atoms with E-state index in [1.807, 2.05) is 18.2 Å². The Morgan fingerprint density at radius 2 is 1.83 bits per heavy atom. The average molecular weight is 520 g/mol. The van der Waals surface area contributed by atoms with Gasteiger partial charge in [0, 0.05) is 32.6 Å². The van der Waals surface area contributed by atoms with Crippen LogP contribution in [0.3, 0.4) is 0 Å². The van der Waals surface area contributed by atoms with Gasteiger partial charge in [-0.1, -0.05) is 12.1 Å². The zero-order valence-electron chi connectivity index (χ0n) is 21.0. The molecule has 2 amide bonds. The summed E-state index contributed by atoms with van der Waals surface area (Å²) in [5.41, 5.74) is 1.24. The Morgan fingerprint density at radius 1 is 1.11 bits per heavy atom. The molecule has 3 rings (SSSR count). The Hall–Kier alpha value is -3.47. The number of likely N-dealkylation sites (N-methyl/N-ethyl adjacent to an activating group) is 1. The fourth-order valence-electron chi connectivity index (χ4n) is 3.95. The Bertz CT molecular complexity index is 1190. The highest BCUT2D eigenvalue weighted by atomic mass is 32.2. The largest absolute Gasteiger partial charge is 0.497 e. The number of anilines is 1. The van der Waals surface area contributed by atoms with Crippen LogP contribution < -0.4 is 23.8 Å². The van der Waals surface area contributed by atoms with Gasteiger partial charge < -0.3 is 24.4 Å². The molecule has 0 unspecified atom stereocenters. The van der Waals surface area contributed by atoms with E-state index in [4.69, 9.17) is 14.2 Å². The van der Waals surface area contributed by atoms with Crippen molar-refractivity contribution in [1.29, 1.82) is 0 Å². The minimum absolute atomic E-state index is 0.0574. The number of rotatable bonds is 11. The van der Waals surface area contributed by atoms with Crippen LogP contribution in [0.2, 0.25) is 0 Å². The highest BCUT2D eigenvalue weighted by Gasteiger charge is 2.26. The van der Waals surface area contributed by atoms with Crippen LogP contribution in [0, 0.1) is 0 Å². The minimum atomic E-state index is -3.62. The molecular weight excluding hydrogens is 486 g/mol. The van der Waals surface area contributed by atoms with Crippen molar-refractivity contribution >= 4 is 27.5 Å². The van der Waals surface area contributed by atoms with E-state index in [1.165, 1.54) is 16.3 Å². The number of hydrogen-bond donors (Lipinski definition) is 1. The van der Waals surface area contributed by atoms with Crippen LogP contribution >= 0.6 is 0 Å². The third-order valence-electron chi connectivity index (χ3n) is 5.87. The number of nitrogens with zero attached hydrogens (tertiary/aromatic N) is 2. The smallest absolute Gasteiger partial charge is 0.242 e. The fraction of sp³-hybridized carbons (Fsp3) is 0.440. The molecule has 0 aromatic heterocycles. The molecule has 196 valence electrons. The van der Waals surface area contributed by atoms with Crippen molar-refractivity contribution in [2.75, 3.05) is 44.5 Å². The second-order valence-corrected chi connectivity index (χ2v) is 10.3. The monoisotopic (exact) mass is 519 g/mol. The number of nitrogens with one attached hydrogen (secondary N) is 1. The normalized spacial score (nSPS) is 13.4. The van der Waals surface area contributed by atoms with Gasteiger partial charge in [-0.05, 0) is 43.2 Å². The van der Waals surface area contributed by atoms with Gasteiger partial charge in [0.05, 0.1) is 19.1 Å². The molecule has 0 spiro atoms. The number of carbonyl (C=O) groups excluding carboxylic acids is 2. The third-order valence-corrected chi connectivity index (χ3v) is 7.06. The van der Waals surface area contributed by atoms with Crippen molar-refractivity contribution in [2.24, 2.45) is 0 Å². The highest BCUT2D eigenvalue weighted by molar-refractivity contribution is 7.92. The lowest BCUT2D eigenvalue weighted by atomic mass is 10.1. The molecule has 0 radical (unpaired) electrons. The van der Waals surface area contributed by atoms with Gasteiger partial charge in [-0.15, -0.1) is 0 Å². The van der Waals surface area contributed by atoms with E-state index in [0.29, 0.717) is 36.1 Å². The summed E-state index contributed by atoms with van der Waals surface area (Å²) in [6.45, 7) is 2.78. The number of methoxy groups -OCH3 is 1. The van der Waals surface area contributed by atoms with Crippen molar-refractivity contribution in [3.8, 4) is 17.2 Å². The molecule has 1 aliphatic heterocycles. The lowest BCUT2D eigenvalue weighted by Gasteiger charge is -2.29. The van der Waals surface area contributed by atoms with Gasteiger partial charge in [0.25, 0.3) is 0 Å². The van der Waals surface area contributed by atoms with Crippen LogP contribution in [0.15, 0.2) is 42.5 Å². The fourth-order valence-corrected chi connectivity index (χ4v) is 4.91. The molecule has 1 N–H and O–H groups in total. The second-order valence-electron chi connectivity index (χ2n) is 8.43. The third kappa shape index (κ3) is 6.81. The van der Waals surface area contributed by atoms with Crippen LogP contribution in [0.1, 0.15) is 25.3 Å². The molecule has 0 saturated carbocycles. The quantitative estimate of drug-likeness (QED) is 0.484. The first-order chi connectivity index (χ1) is 17.1. The molecule has 10 nitrogen and oxygen atoms in total. The molecule has 0 bridgehead atoms. The van der Waals surface area contributed by atoms with Gasteiger partial charge in [-0.2, -0.15) is 0 Å². The molecule has 0 fully saturated rings. The Labute approximate surface area is 212 Å². The average Bonchev–Trinajstić information content (AvgIpc) is 2.87. The van der Waals surface area contributed by atoms with Crippen LogP contribution in [-0.2, 0) is 26.2 Å². The van der Waals surface area contributed by atoms with Gasteiger partial charge in [0.2, 0.25) is 21.8 Å². The summed E-state index contributed by atoms with van der Waals surface area (Å²) in [5, 5.41) is 2.58. The molecule has 0 saturated heterocycles. The van der Waals surface area contributed by atoms with E-state index >= 15 is 0 Å². The van der Waals surface area contributed by atoms with Crippen molar-refractivity contribution in [3.05, 3.63) is 48.0 Å². The molecule has 11 heteroatoms. The first-order valence-electron chi connectivity index (χ1n) is 11.7. The maximum atomic E-state index is 13.2. The van der Waals surface area contributed by atoms with Crippen molar-refractivity contribution < 1.29 is 32.2 Å². The molecular formula is C25H33N3O7S. The maximum absolute atomic E-state index is 13.2. The molecule has 2 aromatic carbocycles. The van der Waals surface area contributed by atoms with Gasteiger partial charge >= 0.3 is 0 Å². The van der Waals surface area contributed by atoms with Gasteiger partial charge in [0.1, 0.15) is 25.0 Å². The number of amides is 2. The SMILES string of the molecule is CNC(=O)[C@H](C)N(Cc1cccc(OC)c1)C(=O)CCCN(c1ccc2c(c1)OCCO2)S(C)(=O)=O. The summed E-state index contributed by atoms with van der Waals surface area (Å²) in [5.74, 6) is 1.14. The number of benzene rings is 2. The van der Waals surface area contributed by atoms with Gasteiger partial charge in [-0.3, -0.25) is 13.9 Å². The van der Waals surface area contributed by atoms with Crippen molar-refractivity contribution in [1.82, 2.24) is 10.2 Å². The summed E-state index contributed by atoms with van der Waals surface area (Å²) in [6, 6.07) is 11.5. The number of ether oxygens (including phenoxy) is 3. The Kier molecular flexibility index (Phi) is 9.03. The van der Waals surface area contributed by atoms with E-state index < -0.39 is 16.1 Å². The topological polar surface area (TPSA) is 114 Å². The van der Waals surface area contributed by atoms with E-state index in [9.17, 15) is 18.0 Å². The Morgan fingerprint density at radius 3 is 2.50 bits per heavy atom. The number of carbonyl (C=O) groups is 2. The first-order valence-corrected chi connectivity index (χ1v) is 13.5. The zero-order valence-corrected chi connectivity index (χ0v) is 21.8. The highest BCUT2D eigenvalue weighted by Crippen LogP contribution is 2.34. The predicted molar refractivity (Wildman–Crippen MR) is 136 cm³/mol. The van der Waals surface area contributed by atoms with Crippen molar-refractivity contribution in [3.63, 3.8) is 0 Å². The van der Waals surface area contributed by atoms with Gasteiger partial charge in [-0.25, -0.2) is 8.42 Å².